The van der Waals surface area contributed by atoms with Crippen LogP contribution in [0.2, 0.25) is 0 Å². The van der Waals surface area contributed by atoms with E-state index in [-0.39, 0.29) is 48.5 Å². The average molecular weight is 334 g/mol. The van der Waals surface area contributed by atoms with Crippen molar-refractivity contribution in [2.75, 3.05) is 0 Å². The van der Waals surface area contributed by atoms with Crippen LogP contribution in [0.5, 0.6) is 0 Å². The van der Waals surface area contributed by atoms with Gasteiger partial charge in [0.2, 0.25) is 0 Å². The molecule has 0 fully saturated rings. The summed E-state index contributed by atoms with van der Waals surface area (Å²) in [4.78, 5) is 20.5. The van der Waals surface area contributed by atoms with Crippen LogP contribution in [0.1, 0.15) is 53.4 Å². The molecule has 0 spiro atoms. The van der Waals surface area contributed by atoms with Crippen LogP contribution in [0.15, 0.2) is 0 Å². The van der Waals surface area contributed by atoms with Gasteiger partial charge in [-0.2, -0.15) is 0 Å². The largest absolute Gasteiger partial charge is 0.479 e. The first kappa shape index (κ1) is 27.7. The minimum atomic E-state index is -1.50. The Kier molecular flexibility index (Phi) is 16.8. The SMILES string of the molecule is CCC(O)(CC)C(=O)O.CCC(O)(CC)C(=O)O.O.[Cr]. The summed E-state index contributed by atoms with van der Waals surface area (Å²) in [6.07, 6.45) is 1.05. The first-order chi connectivity index (χ1) is 8.13. The van der Waals surface area contributed by atoms with Gasteiger partial charge in [-0.3, -0.25) is 0 Å². The molecule has 0 rings (SSSR count). The Balaban J connectivity index is -0.000000116. The first-order valence-electron chi connectivity index (χ1n) is 6.05. The van der Waals surface area contributed by atoms with Gasteiger partial charge >= 0.3 is 11.9 Å². The number of rotatable bonds is 6. The van der Waals surface area contributed by atoms with Crippen molar-refractivity contribution < 1.29 is 52.9 Å². The van der Waals surface area contributed by atoms with Crippen molar-refractivity contribution in [3.8, 4) is 0 Å². The molecule has 0 saturated carbocycles. The molecule has 0 radical (unpaired) electrons. The molecule has 20 heavy (non-hydrogen) atoms. The van der Waals surface area contributed by atoms with E-state index in [0.29, 0.717) is 0 Å². The van der Waals surface area contributed by atoms with Gasteiger partial charge in [-0.25, -0.2) is 9.59 Å². The molecule has 0 aromatic rings. The number of aliphatic carboxylic acids is 2. The molecular weight excluding hydrogens is 308 g/mol. The van der Waals surface area contributed by atoms with Gasteiger partial charge in [0.1, 0.15) is 0 Å². The summed E-state index contributed by atoms with van der Waals surface area (Å²) in [5, 5.41) is 35.0. The zero-order valence-electron chi connectivity index (χ0n) is 12.3. The molecule has 0 bridgehead atoms. The summed E-state index contributed by atoms with van der Waals surface area (Å²) in [7, 11) is 0. The van der Waals surface area contributed by atoms with E-state index in [1.165, 1.54) is 0 Å². The molecule has 0 aliphatic rings. The first-order valence-corrected chi connectivity index (χ1v) is 6.05. The van der Waals surface area contributed by atoms with Gasteiger partial charge < -0.3 is 25.9 Å². The quantitative estimate of drug-likeness (QED) is 0.553. The third-order valence-corrected chi connectivity index (χ3v) is 3.14. The molecular formula is C12H26CrO7. The maximum Gasteiger partial charge on any atom is 0.335 e. The number of aliphatic hydroxyl groups is 2. The van der Waals surface area contributed by atoms with Gasteiger partial charge in [-0.1, -0.05) is 27.7 Å². The van der Waals surface area contributed by atoms with Crippen LogP contribution in [-0.4, -0.2) is 49.0 Å². The molecule has 0 amide bonds. The topological polar surface area (TPSA) is 147 Å². The van der Waals surface area contributed by atoms with Gasteiger partial charge in [0.25, 0.3) is 0 Å². The summed E-state index contributed by atoms with van der Waals surface area (Å²) < 4.78 is 0. The predicted octanol–water partition coefficient (Wildman–Crippen LogP) is 0.417. The molecule has 0 aliphatic heterocycles. The second-order valence-electron chi connectivity index (χ2n) is 4.09. The van der Waals surface area contributed by atoms with Gasteiger partial charge in [0.05, 0.1) is 0 Å². The Labute approximate surface area is 130 Å². The van der Waals surface area contributed by atoms with Crippen LogP contribution in [0.3, 0.4) is 0 Å². The van der Waals surface area contributed by atoms with Gasteiger partial charge in [0, 0.05) is 17.4 Å². The molecule has 0 atom stereocenters. The van der Waals surface area contributed by atoms with E-state index >= 15 is 0 Å². The molecule has 0 aromatic carbocycles. The Morgan fingerprint density at radius 2 is 0.900 bits per heavy atom. The molecule has 8 heteroatoms. The smallest absolute Gasteiger partial charge is 0.335 e. The van der Waals surface area contributed by atoms with E-state index in [1.54, 1.807) is 27.7 Å². The molecule has 0 aliphatic carbocycles. The summed E-state index contributed by atoms with van der Waals surface area (Å²) in [6, 6.07) is 0. The van der Waals surface area contributed by atoms with Crippen molar-refractivity contribution in [1.82, 2.24) is 0 Å². The fraction of sp³-hybridized carbons (Fsp3) is 0.833. The van der Waals surface area contributed by atoms with Crippen molar-refractivity contribution in [2.45, 2.75) is 64.6 Å². The van der Waals surface area contributed by atoms with E-state index in [0.717, 1.165) is 0 Å². The number of carboxylic acids is 2. The second kappa shape index (κ2) is 12.1. The van der Waals surface area contributed by atoms with Crippen molar-refractivity contribution in [1.29, 1.82) is 0 Å². The fourth-order valence-corrected chi connectivity index (χ4v) is 1.10. The zero-order valence-corrected chi connectivity index (χ0v) is 13.6. The number of carbonyl (C=O) groups is 2. The van der Waals surface area contributed by atoms with Crippen LogP contribution in [0, 0.1) is 0 Å². The van der Waals surface area contributed by atoms with Crippen molar-refractivity contribution in [3.63, 3.8) is 0 Å². The number of hydrogen-bond donors (Lipinski definition) is 4. The third-order valence-electron chi connectivity index (χ3n) is 3.14. The Morgan fingerprint density at radius 1 is 0.750 bits per heavy atom. The summed E-state index contributed by atoms with van der Waals surface area (Å²) in [5.41, 5.74) is -3.00. The molecule has 0 aromatic heterocycles. The maximum absolute atomic E-state index is 10.2. The van der Waals surface area contributed by atoms with E-state index < -0.39 is 23.1 Å². The third kappa shape index (κ3) is 8.51. The molecule has 6 N–H and O–H groups in total. The zero-order chi connectivity index (χ0) is 15.0. The predicted molar refractivity (Wildman–Crippen MR) is 69.9 cm³/mol. The summed E-state index contributed by atoms with van der Waals surface area (Å²) >= 11 is 0. The van der Waals surface area contributed by atoms with Crippen LogP contribution in [0.4, 0.5) is 0 Å². The molecule has 122 valence electrons. The summed E-state index contributed by atoms with van der Waals surface area (Å²) in [5.74, 6) is -2.26. The molecule has 0 unspecified atom stereocenters. The monoisotopic (exact) mass is 334 g/mol. The van der Waals surface area contributed by atoms with Crippen molar-refractivity contribution in [3.05, 3.63) is 0 Å². The van der Waals surface area contributed by atoms with Gasteiger partial charge in [-0.15, -0.1) is 0 Å². The van der Waals surface area contributed by atoms with E-state index in [4.69, 9.17) is 20.4 Å². The van der Waals surface area contributed by atoms with E-state index in [2.05, 4.69) is 0 Å². The van der Waals surface area contributed by atoms with Crippen LogP contribution in [0.25, 0.3) is 0 Å². The van der Waals surface area contributed by atoms with Gasteiger partial charge in [0.15, 0.2) is 11.2 Å². The molecule has 0 saturated heterocycles. The number of carboxylic acid groups (broad SMARTS) is 2. The van der Waals surface area contributed by atoms with E-state index in [9.17, 15) is 9.59 Å². The standard InChI is InChI=1S/2C6H12O3.Cr.H2O/c2*1-3-6(9,4-2)5(7)8;;/h2*9H,3-4H2,1-2H3,(H,7,8);;1H2. The van der Waals surface area contributed by atoms with Crippen LogP contribution < -0.4 is 0 Å². The Hall–Kier alpha value is -0.648. The summed E-state index contributed by atoms with van der Waals surface area (Å²) in [6.45, 7) is 6.60. The Morgan fingerprint density at radius 3 is 0.900 bits per heavy atom. The number of hydrogen-bond acceptors (Lipinski definition) is 4. The van der Waals surface area contributed by atoms with E-state index in [1.807, 2.05) is 0 Å². The molecule has 0 heterocycles. The minimum absolute atomic E-state index is 0. The fourth-order valence-electron chi connectivity index (χ4n) is 1.10. The van der Waals surface area contributed by atoms with Crippen molar-refractivity contribution in [2.24, 2.45) is 0 Å². The maximum atomic E-state index is 10.2. The van der Waals surface area contributed by atoms with Crippen LogP contribution >= 0.6 is 0 Å². The Bertz CT molecular complexity index is 245. The minimum Gasteiger partial charge on any atom is -0.479 e. The normalized spacial score (nSPS) is 10.3. The molecule has 7 nitrogen and oxygen atoms in total. The van der Waals surface area contributed by atoms with Crippen LogP contribution in [-0.2, 0) is 27.0 Å². The van der Waals surface area contributed by atoms with Gasteiger partial charge in [-0.05, 0) is 25.7 Å². The second-order valence-corrected chi connectivity index (χ2v) is 4.09. The average Bonchev–Trinajstić information content (AvgIpc) is 2.36. The van der Waals surface area contributed by atoms with Crippen molar-refractivity contribution >= 4 is 11.9 Å².